The van der Waals surface area contributed by atoms with Gasteiger partial charge in [0.15, 0.2) is 5.65 Å². The Kier molecular flexibility index (Phi) is 3.74. The lowest BCUT2D eigenvalue weighted by atomic mass is 10.0. The van der Waals surface area contributed by atoms with E-state index in [4.69, 9.17) is 0 Å². The predicted molar refractivity (Wildman–Crippen MR) is 75.9 cm³/mol. The van der Waals surface area contributed by atoms with Crippen molar-refractivity contribution >= 4 is 11.6 Å². The summed E-state index contributed by atoms with van der Waals surface area (Å²) >= 11 is 0. The van der Waals surface area contributed by atoms with E-state index in [1.54, 1.807) is 29.3 Å². The number of likely N-dealkylation sites (tertiary alicyclic amines) is 1. The first-order valence-corrected chi connectivity index (χ1v) is 7.15. The number of hydrogen-bond acceptors (Lipinski definition) is 4. The van der Waals surface area contributed by atoms with Gasteiger partial charge in [-0.3, -0.25) is 9.20 Å². The monoisotopic (exact) mass is 290 g/mol. The Bertz CT molecular complexity index is 706. The van der Waals surface area contributed by atoms with Crippen LogP contribution in [0.25, 0.3) is 5.65 Å². The van der Waals surface area contributed by atoms with Crippen molar-refractivity contribution in [2.75, 3.05) is 13.2 Å². The van der Waals surface area contributed by atoms with Crippen LogP contribution in [0, 0.1) is 0 Å². The van der Waals surface area contributed by atoms with Crippen molar-refractivity contribution < 1.29 is 9.90 Å². The molecule has 1 amide bonds. The van der Waals surface area contributed by atoms with E-state index in [2.05, 4.69) is 5.10 Å². The minimum absolute atomic E-state index is 0.0359. The number of fused-ring (bicyclic) bond motifs is 1. The summed E-state index contributed by atoms with van der Waals surface area (Å²) in [4.78, 5) is 26.2. The molecule has 2 aromatic rings. The van der Waals surface area contributed by atoms with Crippen LogP contribution in [0.2, 0.25) is 0 Å². The number of aliphatic hydroxyl groups is 1. The van der Waals surface area contributed by atoms with E-state index in [1.165, 1.54) is 9.08 Å². The molecule has 3 rings (SSSR count). The number of aromatic nitrogens is 3. The number of aliphatic hydroxyl groups excluding tert-OH is 1. The van der Waals surface area contributed by atoms with Crippen LogP contribution in [0.4, 0.5) is 0 Å². The molecule has 1 saturated heterocycles. The van der Waals surface area contributed by atoms with Crippen LogP contribution in [-0.2, 0) is 11.3 Å². The third kappa shape index (κ3) is 2.56. The number of amides is 1. The second-order valence-electron chi connectivity index (χ2n) is 5.29. The van der Waals surface area contributed by atoms with Crippen molar-refractivity contribution in [2.45, 2.75) is 31.8 Å². The van der Waals surface area contributed by atoms with Crippen molar-refractivity contribution in [3.63, 3.8) is 0 Å². The summed E-state index contributed by atoms with van der Waals surface area (Å²) in [7, 11) is 0. The molecule has 0 spiro atoms. The first-order chi connectivity index (χ1) is 10.2. The summed E-state index contributed by atoms with van der Waals surface area (Å²) < 4.78 is 2.59. The predicted octanol–water partition coefficient (Wildman–Crippen LogP) is -0.131. The third-order valence-corrected chi connectivity index (χ3v) is 3.93. The summed E-state index contributed by atoms with van der Waals surface area (Å²) in [6.07, 6.45) is 4.39. The van der Waals surface area contributed by atoms with Gasteiger partial charge in [-0.25, -0.2) is 9.48 Å². The maximum atomic E-state index is 12.4. The molecule has 0 aromatic carbocycles. The second kappa shape index (κ2) is 5.69. The van der Waals surface area contributed by atoms with E-state index in [-0.39, 0.29) is 30.8 Å². The Labute approximate surface area is 121 Å². The largest absolute Gasteiger partial charge is 0.394 e. The molecule has 7 heteroatoms. The Balaban J connectivity index is 1.82. The van der Waals surface area contributed by atoms with E-state index in [0.717, 1.165) is 19.3 Å². The Hall–Kier alpha value is -2.15. The lowest BCUT2D eigenvalue weighted by molar-refractivity contribution is -0.136. The molecule has 0 aliphatic carbocycles. The topological polar surface area (TPSA) is 79.8 Å². The Morgan fingerprint density at radius 2 is 2.24 bits per heavy atom. The van der Waals surface area contributed by atoms with Gasteiger partial charge in [-0.1, -0.05) is 6.07 Å². The molecule has 112 valence electrons. The number of hydrogen-bond donors (Lipinski definition) is 1. The molecule has 1 atom stereocenters. The molecule has 0 radical (unpaired) electrons. The van der Waals surface area contributed by atoms with Gasteiger partial charge >= 0.3 is 5.69 Å². The molecular formula is C14H18N4O3. The van der Waals surface area contributed by atoms with Crippen molar-refractivity contribution in [1.29, 1.82) is 0 Å². The zero-order valence-corrected chi connectivity index (χ0v) is 11.7. The number of rotatable bonds is 3. The summed E-state index contributed by atoms with van der Waals surface area (Å²) in [5, 5.41) is 13.5. The molecular weight excluding hydrogens is 272 g/mol. The average Bonchev–Trinajstić information content (AvgIpc) is 2.84. The van der Waals surface area contributed by atoms with Crippen molar-refractivity contribution in [1.82, 2.24) is 19.1 Å². The van der Waals surface area contributed by atoms with E-state index in [9.17, 15) is 14.7 Å². The van der Waals surface area contributed by atoms with E-state index in [0.29, 0.717) is 12.2 Å². The molecule has 0 saturated carbocycles. The van der Waals surface area contributed by atoms with Gasteiger partial charge in [-0.05, 0) is 31.4 Å². The molecule has 1 fully saturated rings. The third-order valence-electron chi connectivity index (χ3n) is 3.93. The molecule has 1 aliphatic heterocycles. The van der Waals surface area contributed by atoms with E-state index < -0.39 is 0 Å². The Morgan fingerprint density at radius 1 is 1.38 bits per heavy atom. The van der Waals surface area contributed by atoms with Crippen LogP contribution in [-0.4, -0.2) is 49.3 Å². The molecule has 1 N–H and O–H groups in total. The molecule has 2 aromatic heterocycles. The van der Waals surface area contributed by atoms with Crippen molar-refractivity contribution in [3.05, 3.63) is 34.9 Å². The number of carbonyl (C=O) groups excluding carboxylic acids is 1. The van der Waals surface area contributed by atoms with Crippen LogP contribution in [0.5, 0.6) is 0 Å². The fraction of sp³-hybridized carbons (Fsp3) is 0.500. The highest BCUT2D eigenvalue weighted by atomic mass is 16.3. The minimum atomic E-state index is -0.323. The zero-order valence-electron chi connectivity index (χ0n) is 11.7. The highest BCUT2D eigenvalue weighted by Crippen LogP contribution is 2.16. The number of nitrogens with zero attached hydrogens (tertiary/aromatic N) is 4. The number of carbonyl (C=O) groups is 1. The molecule has 1 unspecified atom stereocenters. The average molecular weight is 290 g/mol. The summed E-state index contributed by atoms with van der Waals surface area (Å²) in [5.74, 6) is -0.167. The van der Waals surface area contributed by atoms with Crippen molar-refractivity contribution in [2.24, 2.45) is 0 Å². The van der Waals surface area contributed by atoms with E-state index in [1.807, 2.05) is 0 Å². The van der Waals surface area contributed by atoms with Gasteiger partial charge in [-0.2, -0.15) is 0 Å². The standard InChI is InChI=1S/C14H18N4O3/c19-10-11-5-1-3-7-16(11)13(20)9-18-14(21)17-8-4-2-6-12(17)15-18/h2,4,6,8,11,19H,1,3,5,7,9-10H2. The van der Waals surface area contributed by atoms with Gasteiger partial charge in [0.1, 0.15) is 6.54 Å². The number of piperidine rings is 1. The van der Waals surface area contributed by atoms with Crippen LogP contribution < -0.4 is 5.69 Å². The molecule has 3 heterocycles. The summed E-state index contributed by atoms with van der Waals surface area (Å²) in [6, 6.07) is 5.12. The quantitative estimate of drug-likeness (QED) is 0.854. The van der Waals surface area contributed by atoms with Crippen molar-refractivity contribution in [3.8, 4) is 0 Å². The van der Waals surface area contributed by atoms with Crippen LogP contribution in [0.15, 0.2) is 29.2 Å². The lowest BCUT2D eigenvalue weighted by Gasteiger charge is -2.34. The smallest absolute Gasteiger partial charge is 0.350 e. The normalized spacial score (nSPS) is 19.1. The maximum absolute atomic E-state index is 12.4. The molecule has 7 nitrogen and oxygen atoms in total. The van der Waals surface area contributed by atoms with Crippen LogP contribution >= 0.6 is 0 Å². The van der Waals surface area contributed by atoms with Gasteiger partial charge in [-0.15, -0.1) is 5.10 Å². The molecule has 0 bridgehead atoms. The highest BCUT2D eigenvalue weighted by molar-refractivity contribution is 5.76. The minimum Gasteiger partial charge on any atom is -0.394 e. The summed E-state index contributed by atoms with van der Waals surface area (Å²) in [6.45, 7) is 0.509. The summed E-state index contributed by atoms with van der Waals surface area (Å²) in [5.41, 5.74) is 0.198. The Morgan fingerprint density at radius 3 is 3.00 bits per heavy atom. The first-order valence-electron chi connectivity index (χ1n) is 7.15. The maximum Gasteiger partial charge on any atom is 0.350 e. The fourth-order valence-electron chi connectivity index (χ4n) is 2.81. The fourth-order valence-corrected chi connectivity index (χ4v) is 2.81. The van der Waals surface area contributed by atoms with E-state index >= 15 is 0 Å². The highest BCUT2D eigenvalue weighted by Gasteiger charge is 2.26. The van der Waals surface area contributed by atoms with Crippen LogP contribution in [0.3, 0.4) is 0 Å². The SMILES string of the molecule is O=C(Cn1nc2ccccn2c1=O)N1CCCCC1CO. The van der Waals surface area contributed by atoms with Gasteiger partial charge in [0, 0.05) is 12.7 Å². The lowest BCUT2D eigenvalue weighted by Crippen LogP contribution is -2.47. The number of pyridine rings is 1. The second-order valence-corrected chi connectivity index (χ2v) is 5.29. The van der Waals surface area contributed by atoms with Gasteiger partial charge in [0.25, 0.3) is 0 Å². The van der Waals surface area contributed by atoms with Crippen LogP contribution in [0.1, 0.15) is 19.3 Å². The molecule has 21 heavy (non-hydrogen) atoms. The van der Waals surface area contributed by atoms with Gasteiger partial charge in [0.2, 0.25) is 5.91 Å². The zero-order chi connectivity index (χ0) is 14.8. The molecule has 1 aliphatic rings. The van der Waals surface area contributed by atoms with Gasteiger partial charge in [0.05, 0.1) is 12.6 Å². The first kappa shape index (κ1) is 13.8. The van der Waals surface area contributed by atoms with Gasteiger partial charge < -0.3 is 10.0 Å².